The lowest BCUT2D eigenvalue weighted by Gasteiger charge is -1.91. The Morgan fingerprint density at radius 3 is 2.28 bits per heavy atom. The van der Waals surface area contributed by atoms with E-state index in [1.807, 2.05) is 0 Å². The van der Waals surface area contributed by atoms with E-state index in [9.17, 15) is 9.59 Å². The zero-order chi connectivity index (χ0) is 13.4. The van der Waals surface area contributed by atoms with Crippen LogP contribution in [-0.4, -0.2) is 27.5 Å². The monoisotopic (exact) mass is 245 g/mol. The zero-order valence-electron chi connectivity index (χ0n) is 9.35. The maximum absolute atomic E-state index is 10.2. The summed E-state index contributed by atoms with van der Waals surface area (Å²) in [5.41, 5.74) is 0.551. The molecule has 0 saturated heterocycles. The Hall–Kier alpha value is -2.69. The van der Waals surface area contributed by atoms with Gasteiger partial charge in [-0.1, -0.05) is 12.1 Å². The van der Waals surface area contributed by atoms with E-state index < -0.39 is 5.97 Å². The second-order valence-electron chi connectivity index (χ2n) is 3.22. The summed E-state index contributed by atoms with van der Waals surface area (Å²) in [6.07, 6.45) is 3.46. The largest absolute Gasteiger partial charge is 0.507 e. The maximum Gasteiger partial charge on any atom is 0.337 e. The first kappa shape index (κ1) is 13.4. The first-order valence-electron chi connectivity index (χ1n) is 5.01. The molecule has 0 fully saturated rings. The van der Waals surface area contributed by atoms with Crippen molar-refractivity contribution in [3.63, 3.8) is 0 Å². The number of nitrogens with zero attached hydrogens (tertiary/aromatic N) is 1. The van der Waals surface area contributed by atoms with Crippen LogP contribution >= 0.6 is 0 Å². The molecule has 18 heavy (non-hydrogen) atoms. The molecular weight excluding hydrogens is 234 g/mol. The van der Waals surface area contributed by atoms with Crippen LogP contribution in [0.3, 0.4) is 0 Å². The van der Waals surface area contributed by atoms with Crippen LogP contribution in [0.15, 0.2) is 48.8 Å². The van der Waals surface area contributed by atoms with Crippen LogP contribution < -0.4 is 0 Å². The number of carboxylic acids is 1. The van der Waals surface area contributed by atoms with Gasteiger partial charge < -0.3 is 10.2 Å². The number of phenols is 1. The highest BCUT2D eigenvalue weighted by Crippen LogP contribution is 2.11. The van der Waals surface area contributed by atoms with Gasteiger partial charge >= 0.3 is 5.97 Å². The van der Waals surface area contributed by atoms with Crippen LogP contribution in [-0.2, 0) is 0 Å². The van der Waals surface area contributed by atoms with Gasteiger partial charge in [-0.2, -0.15) is 0 Å². The van der Waals surface area contributed by atoms with Gasteiger partial charge in [0.15, 0.2) is 6.29 Å². The number of hydrogen-bond acceptors (Lipinski definition) is 4. The Balaban J connectivity index is 0.000000180. The summed E-state index contributed by atoms with van der Waals surface area (Å²) in [5, 5.41) is 17.2. The summed E-state index contributed by atoms with van der Waals surface area (Å²) >= 11 is 0. The van der Waals surface area contributed by atoms with Crippen molar-refractivity contribution in [2.75, 3.05) is 0 Å². The lowest BCUT2D eigenvalue weighted by Crippen LogP contribution is -1.94. The topological polar surface area (TPSA) is 87.5 Å². The standard InChI is InChI=1S/C7H6O2.C6H5NO2/c8-5-6-3-1-2-4-7(6)9;8-6(9)5-2-1-3-7-4-5/h1-5,9H;1-4H,(H,8,9). The minimum absolute atomic E-state index is 0.0347. The first-order valence-corrected chi connectivity index (χ1v) is 5.01. The fourth-order valence-electron chi connectivity index (χ4n) is 1.08. The summed E-state index contributed by atoms with van der Waals surface area (Å²) in [4.78, 5) is 23.9. The van der Waals surface area contributed by atoms with Crippen molar-refractivity contribution >= 4 is 12.3 Å². The van der Waals surface area contributed by atoms with Crippen molar-refractivity contribution in [2.45, 2.75) is 0 Å². The molecule has 92 valence electrons. The van der Waals surface area contributed by atoms with Gasteiger partial charge in [-0.25, -0.2) is 4.79 Å². The van der Waals surface area contributed by atoms with E-state index in [-0.39, 0.29) is 11.3 Å². The number of carbonyl (C=O) groups is 2. The number of aromatic hydroxyl groups is 1. The van der Waals surface area contributed by atoms with Gasteiger partial charge in [0.25, 0.3) is 0 Å². The molecule has 2 N–H and O–H groups in total. The molecule has 0 bridgehead atoms. The number of carbonyl (C=O) groups excluding carboxylic acids is 1. The Labute approximate surface area is 103 Å². The molecule has 0 atom stereocenters. The van der Waals surface area contributed by atoms with Crippen LogP contribution in [0, 0.1) is 0 Å². The first-order chi connectivity index (χ1) is 8.65. The Morgan fingerprint density at radius 1 is 1.17 bits per heavy atom. The molecule has 0 radical (unpaired) electrons. The van der Waals surface area contributed by atoms with Crippen molar-refractivity contribution in [3.8, 4) is 5.75 Å². The van der Waals surface area contributed by atoms with E-state index >= 15 is 0 Å². The van der Waals surface area contributed by atoms with Gasteiger partial charge in [0.05, 0.1) is 11.1 Å². The number of hydrogen-bond donors (Lipinski definition) is 2. The van der Waals surface area contributed by atoms with Crippen LogP contribution in [0.25, 0.3) is 0 Å². The number of phenolic OH excluding ortho intramolecular Hbond substituents is 1. The maximum atomic E-state index is 10.2. The fourth-order valence-corrected chi connectivity index (χ4v) is 1.08. The molecule has 0 aliphatic rings. The number of para-hydroxylation sites is 1. The second-order valence-corrected chi connectivity index (χ2v) is 3.22. The van der Waals surface area contributed by atoms with Crippen LogP contribution in [0.5, 0.6) is 5.75 Å². The van der Waals surface area contributed by atoms with E-state index in [1.54, 1.807) is 24.3 Å². The van der Waals surface area contributed by atoms with Crippen molar-refractivity contribution in [1.29, 1.82) is 0 Å². The summed E-state index contributed by atoms with van der Waals surface area (Å²) in [6, 6.07) is 9.48. The molecule has 0 saturated carbocycles. The van der Waals surface area contributed by atoms with Crippen LogP contribution in [0.4, 0.5) is 0 Å². The van der Waals surface area contributed by atoms with Crippen molar-refractivity contribution in [3.05, 3.63) is 59.9 Å². The van der Waals surface area contributed by atoms with Crippen LogP contribution in [0.2, 0.25) is 0 Å². The molecule has 2 aromatic rings. The highest BCUT2D eigenvalue weighted by molar-refractivity contribution is 5.86. The van der Waals surface area contributed by atoms with Crippen molar-refractivity contribution < 1.29 is 19.8 Å². The third kappa shape index (κ3) is 4.05. The minimum atomic E-state index is -0.942. The summed E-state index contributed by atoms with van der Waals surface area (Å²) < 4.78 is 0. The Kier molecular flexibility index (Phi) is 5.05. The second kappa shape index (κ2) is 6.80. The molecule has 1 heterocycles. The average Bonchev–Trinajstić information content (AvgIpc) is 2.41. The number of aromatic nitrogens is 1. The van der Waals surface area contributed by atoms with E-state index in [0.29, 0.717) is 11.8 Å². The highest BCUT2D eigenvalue weighted by atomic mass is 16.4. The predicted molar refractivity (Wildman–Crippen MR) is 64.7 cm³/mol. The molecule has 5 heteroatoms. The van der Waals surface area contributed by atoms with Gasteiger partial charge in [0.2, 0.25) is 0 Å². The van der Waals surface area contributed by atoms with Crippen LogP contribution in [0.1, 0.15) is 20.7 Å². The highest BCUT2D eigenvalue weighted by Gasteiger charge is 1.97. The third-order valence-corrected chi connectivity index (χ3v) is 1.97. The normalized spacial score (nSPS) is 8.89. The SMILES string of the molecule is O=C(O)c1cccnc1.O=Cc1ccccc1O. The molecule has 1 aromatic heterocycles. The quantitative estimate of drug-likeness (QED) is 0.790. The van der Waals surface area contributed by atoms with Gasteiger partial charge in [-0.05, 0) is 24.3 Å². The minimum Gasteiger partial charge on any atom is -0.507 e. The summed E-state index contributed by atoms with van der Waals surface area (Å²) in [7, 11) is 0. The van der Waals surface area contributed by atoms with E-state index in [4.69, 9.17) is 10.2 Å². The summed E-state index contributed by atoms with van der Waals surface area (Å²) in [5.74, 6) is -0.907. The number of aldehydes is 1. The third-order valence-electron chi connectivity index (χ3n) is 1.97. The molecule has 0 aliphatic heterocycles. The molecule has 0 aliphatic carbocycles. The number of carboxylic acid groups (broad SMARTS) is 1. The lowest BCUT2D eigenvalue weighted by molar-refractivity contribution is 0.0696. The molecule has 0 spiro atoms. The molecular formula is C13H11NO4. The molecule has 2 rings (SSSR count). The average molecular weight is 245 g/mol. The fraction of sp³-hybridized carbons (Fsp3) is 0. The zero-order valence-corrected chi connectivity index (χ0v) is 9.35. The predicted octanol–water partition coefficient (Wildman–Crippen LogP) is 1.98. The molecule has 0 amide bonds. The van der Waals surface area contributed by atoms with Gasteiger partial charge in [-0.15, -0.1) is 0 Å². The molecule has 5 nitrogen and oxygen atoms in total. The van der Waals surface area contributed by atoms with E-state index in [2.05, 4.69) is 4.98 Å². The smallest absolute Gasteiger partial charge is 0.337 e. The van der Waals surface area contributed by atoms with Crippen molar-refractivity contribution in [1.82, 2.24) is 4.98 Å². The molecule has 0 unspecified atom stereocenters. The van der Waals surface area contributed by atoms with E-state index in [0.717, 1.165) is 0 Å². The number of aromatic carboxylic acids is 1. The van der Waals surface area contributed by atoms with Gasteiger partial charge in [-0.3, -0.25) is 9.78 Å². The van der Waals surface area contributed by atoms with E-state index in [1.165, 1.54) is 24.5 Å². The van der Waals surface area contributed by atoms with Gasteiger partial charge in [0, 0.05) is 12.4 Å². The summed E-state index contributed by atoms with van der Waals surface area (Å²) in [6.45, 7) is 0. The number of benzene rings is 1. The van der Waals surface area contributed by atoms with Gasteiger partial charge in [0.1, 0.15) is 5.75 Å². The van der Waals surface area contributed by atoms with Crippen molar-refractivity contribution in [2.24, 2.45) is 0 Å². The Morgan fingerprint density at radius 2 is 1.89 bits per heavy atom. The number of pyridine rings is 1. The Bertz CT molecular complexity index is 526. The lowest BCUT2D eigenvalue weighted by atomic mass is 10.2. The molecule has 1 aromatic carbocycles. The number of rotatable bonds is 2.